The molecule has 1 saturated heterocycles. The van der Waals surface area contributed by atoms with Crippen LogP contribution in [-0.2, 0) is 35.4 Å². The molecule has 0 radical (unpaired) electrons. The highest BCUT2D eigenvalue weighted by molar-refractivity contribution is 7.91. The molecule has 2 aromatic rings. The fourth-order valence-corrected chi connectivity index (χ4v) is 5.83. The van der Waals surface area contributed by atoms with Gasteiger partial charge in [-0.3, -0.25) is 9.59 Å². The molecule has 1 heterocycles. The Morgan fingerprint density at radius 1 is 0.951 bits per heavy atom. The number of methoxy groups -OCH3 is 1. The fraction of sp³-hybridized carbons (Fsp3) is 0.483. The molecular formula is C29H39NO10S. The van der Waals surface area contributed by atoms with E-state index >= 15 is 0 Å². The summed E-state index contributed by atoms with van der Waals surface area (Å²) in [7, 11) is -1.66. The average Bonchev–Trinajstić information content (AvgIpc) is 3.32. The SMILES string of the molecule is COCCCS(=O)(=O)c1ccc(-c2ccc(CCN3CCC[C@H]3C)cc2)cc1.O=C(O)CC(O)(CC(=O)O)C(=O)O. The van der Waals surface area contributed by atoms with Crippen molar-refractivity contribution in [2.75, 3.05) is 32.6 Å². The second-order valence-electron chi connectivity index (χ2n) is 10.1. The van der Waals surface area contributed by atoms with Crippen molar-refractivity contribution in [1.82, 2.24) is 4.90 Å². The largest absolute Gasteiger partial charge is 0.481 e. The molecule has 12 heteroatoms. The van der Waals surface area contributed by atoms with E-state index in [1.54, 1.807) is 19.2 Å². The summed E-state index contributed by atoms with van der Waals surface area (Å²) in [6.07, 6.45) is 1.93. The van der Waals surface area contributed by atoms with Crippen molar-refractivity contribution >= 4 is 27.7 Å². The van der Waals surface area contributed by atoms with Gasteiger partial charge in [0.25, 0.3) is 0 Å². The second-order valence-corrected chi connectivity index (χ2v) is 12.3. The van der Waals surface area contributed by atoms with E-state index < -0.39 is 46.2 Å². The van der Waals surface area contributed by atoms with Crippen LogP contribution in [-0.4, -0.2) is 95.9 Å². The van der Waals surface area contributed by atoms with E-state index in [0.29, 0.717) is 24.0 Å². The van der Waals surface area contributed by atoms with Crippen LogP contribution in [0.15, 0.2) is 53.4 Å². The lowest BCUT2D eigenvalue weighted by molar-refractivity contribution is -0.170. The lowest BCUT2D eigenvalue weighted by Crippen LogP contribution is -2.42. The average molecular weight is 594 g/mol. The van der Waals surface area contributed by atoms with Crippen LogP contribution < -0.4 is 0 Å². The van der Waals surface area contributed by atoms with Crippen LogP contribution in [0.2, 0.25) is 0 Å². The second kappa shape index (κ2) is 15.6. The Morgan fingerprint density at radius 2 is 1.49 bits per heavy atom. The molecule has 4 N–H and O–H groups in total. The maximum Gasteiger partial charge on any atom is 0.336 e. The smallest absolute Gasteiger partial charge is 0.336 e. The molecule has 0 bridgehead atoms. The first kappa shape index (κ1) is 33.9. The number of hydrogen-bond acceptors (Lipinski definition) is 8. The highest BCUT2D eigenvalue weighted by atomic mass is 32.2. The Morgan fingerprint density at radius 3 is 1.93 bits per heavy atom. The van der Waals surface area contributed by atoms with Crippen LogP contribution in [0.1, 0.15) is 44.6 Å². The van der Waals surface area contributed by atoms with E-state index in [2.05, 4.69) is 36.1 Å². The third kappa shape index (κ3) is 10.9. The number of carbonyl (C=O) groups is 3. The third-order valence-electron chi connectivity index (χ3n) is 6.93. The number of likely N-dealkylation sites (tertiary alicyclic amines) is 1. The minimum absolute atomic E-state index is 0.116. The van der Waals surface area contributed by atoms with Crippen molar-refractivity contribution in [2.24, 2.45) is 0 Å². The lowest BCUT2D eigenvalue weighted by Gasteiger charge is -2.20. The monoisotopic (exact) mass is 593 g/mol. The van der Waals surface area contributed by atoms with Gasteiger partial charge in [-0.1, -0.05) is 36.4 Å². The van der Waals surface area contributed by atoms with Gasteiger partial charge < -0.3 is 30.1 Å². The molecule has 226 valence electrons. The molecular weight excluding hydrogens is 554 g/mol. The Labute approximate surface area is 240 Å². The quantitative estimate of drug-likeness (QED) is 0.237. The number of sulfone groups is 1. The summed E-state index contributed by atoms with van der Waals surface area (Å²) in [6, 6.07) is 16.5. The van der Waals surface area contributed by atoms with E-state index in [4.69, 9.17) is 25.2 Å². The van der Waals surface area contributed by atoms with Crippen LogP contribution in [0.5, 0.6) is 0 Å². The lowest BCUT2D eigenvalue weighted by atomic mass is 9.96. The summed E-state index contributed by atoms with van der Waals surface area (Å²) < 4.78 is 29.6. The number of aliphatic hydroxyl groups is 1. The minimum atomic E-state index is -3.24. The van der Waals surface area contributed by atoms with Gasteiger partial charge in [-0.05, 0) is 68.0 Å². The predicted octanol–water partition coefficient (Wildman–Crippen LogP) is 2.94. The van der Waals surface area contributed by atoms with Crippen LogP contribution in [0.3, 0.4) is 0 Å². The van der Waals surface area contributed by atoms with Gasteiger partial charge in [-0.25, -0.2) is 13.2 Å². The molecule has 41 heavy (non-hydrogen) atoms. The first-order chi connectivity index (χ1) is 19.3. The van der Waals surface area contributed by atoms with E-state index in [1.165, 1.54) is 24.9 Å². The summed E-state index contributed by atoms with van der Waals surface area (Å²) in [5, 5.41) is 33.8. The number of hydrogen-bond donors (Lipinski definition) is 4. The van der Waals surface area contributed by atoms with Crippen molar-refractivity contribution in [3.63, 3.8) is 0 Å². The Kier molecular flexibility index (Phi) is 12.9. The summed E-state index contributed by atoms with van der Waals surface area (Å²) in [4.78, 5) is 33.4. The van der Waals surface area contributed by atoms with Gasteiger partial charge in [0.15, 0.2) is 15.4 Å². The number of benzene rings is 2. The van der Waals surface area contributed by atoms with E-state index in [-0.39, 0.29) is 5.75 Å². The van der Waals surface area contributed by atoms with Gasteiger partial charge >= 0.3 is 17.9 Å². The van der Waals surface area contributed by atoms with Crippen LogP contribution in [0.4, 0.5) is 0 Å². The molecule has 0 spiro atoms. The van der Waals surface area contributed by atoms with E-state index in [0.717, 1.165) is 24.1 Å². The van der Waals surface area contributed by atoms with Gasteiger partial charge in [-0.15, -0.1) is 0 Å². The molecule has 2 aromatic carbocycles. The summed E-state index contributed by atoms with van der Waals surface area (Å²) in [5.41, 5.74) is 0.759. The standard InChI is InChI=1S/C23H31NO3S.C6H8O7/c1-19-5-3-15-24(19)16-14-20-6-8-21(9-7-20)22-10-12-23(13-11-22)28(25,26)18-4-17-27-2;7-3(8)1-6(13,5(11)12)2-4(9)10/h6-13,19H,3-5,14-18H2,1-2H3;13H,1-2H2,(H,7,8)(H,9,10)(H,11,12)/t19-;/m1./s1. The first-order valence-electron chi connectivity index (χ1n) is 13.3. The molecule has 1 fully saturated rings. The molecule has 0 unspecified atom stereocenters. The number of carboxylic acids is 3. The van der Waals surface area contributed by atoms with Crippen molar-refractivity contribution in [1.29, 1.82) is 0 Å². The van der Waals surface area contributed by atoms with E-state index in [9.17, 15) is 22.8 Å². The molecule has 0 saturated carbocycles. The molecule has 11 nitrogen and oxygen atoms in total. The fourth-order valence-electron chi connectivity index (χ4n) is 4.54. The molecule has 1 aliphatic rings. The summed E-state index contributed by atoms with van der Waals surface area (Å²) in [6.45, 7) is 5.12. The Balaban J connectivity index is 0.000000383. The van der Waals surface area contributed by atoms with Crippen molar-refractivity contribution in [2.45, 2.75) is 62.0 Å². The zero-order valence-corrected chi connectivity index (χ0v) is 24.2. The zero-order valence-electron chi connectivity index (χ0n) is 23.4. The number of carboxylic acid groups (broad SMARTS) is 3. The van der Waals surface area contributed by atoms with Gasteiger partial charge in [-0.2, -0.15) is 0 Å². The molecule has 0 amide bonds. The topological polar surface area (TPSA) is 179 Å². The Bertz CT molecular complexity index is 1240. The number of ether oxygens (including phenoxy) is 1. The summed E-state index contributed by atoms with van der Waals surface area (Å²) >= 11 is 0. The first-order valence-corrected chi connectivity index (χ1v) is 15.0. The molecule has 0 aliphatic carbocycles. The van der Waals surface area contributed by atoms with Gasteiger partial charge in [0.05, 0.1) is 23.5 Å². The van der Waals surface area contributed by atoms with Crippen molar-refractivity contribution in [3.8, 4) is 11.1 Å². The van der Waals surface area contributed by atoms with Crippen LogP contribution in [0, 0.1) is 0 Å². The van der Waals surface area contributed by atoms with E-state index in [1.807, 2.05) is 12.1 Å². The number of nitrogens with zero attached hydrogens (tertiary/aromatic N) is 1. The minimum Gasteiger partial charge on any atom is -0.481 e. The van der Waals surface area contributed by atoms with Gasteiger partial charge in [0, 0.05) is 26.3 Å². The van der Waals surface area contributed by atoms with Gasteiger partial charge in [0.1, 0.15) is 0 Å². The maximum absolute atomic E-state index is 12.3. The van der Waals surface area contributed by atoms with Gasteiger partial charge in [0.2, 0.25) is 0 Å². The third-order valence-corrected chi connectivity index (χ3v) is 8.74. The number of rotatable bonds is 14. The zero-order chi connectivity index (χ0) is 30.6. The van der Waals surface area contributed by atoms with Crippen molar-refractivity contribution < 1.29 is 48.0 Å². The molecule has 3 rings (SSSR count). The highest BCUT2D eigenvalue weighted by Gasteiger charge is 2.40. The predicted molar refractivity (Wildman–Crippen MR) is 151 cm³/mol. The van der Waals surface area contributed by atoms with Crippen LogP contribution >= 0.6 is 0 Å². The Hall–Kier alpha value is -3.32. The van der Waals surface area contributed by atoms with Crippen LogP contribution in [0.25, 0.3) is 11.1 Å². The highest BCUT2D eigenvalue weighted by Crippen LogP contribution is 2.23. The molecule has 0 aromatic heterocycles. The summed E-state index contributed by atoms with van der Waals surface area (Å²) in [5.74, 6) is -4.90. The van der Waals surface area contributed by atoms with Crippen molar-refractivity contribution in [3.05, 3.63) is 54.1 Å². The molecule has 1 atom stereocenters. The number of aliphatic carboxylic acids is 3. The molecule has 1 aliphatic heterocycles. The normalized spacial score (nSPS) is 15.6. The maximum atomic E-state index is 12.3.